The molecule has 1 aromatic carbocycles. The highest BCUT2D eigenvalue weighted by Crippen LogP contribution is 2.22. The van der Waals surface area contributed by atoms with E-state index in [2.05, 4.69) is 10.1 Å². The Labute approximate surface area is 96.2 Å². The molecule has 0 saturated carbocycles. The van der Waals surface area contributed by atoms with Crippen LogP contribution < -0.4 is 5.73 Å². The predicted octanol–water partition coefficient (Wildman–Crippen LogP) is 2.55. The van der Waals surface area contributed by atoms with E-state index in [1.54, 1.807) is 13.0 Å². The van der Waals surface area contributed by atoms with Crippen LogP contribution in [0, 0.1) is 5.82 Å². The maximum atomic E-state index is 13.1. The van der Waals surface area contributed by atoms with E-state index in [0.717, 1.165) is 0 Å². The number of hydrogen-bond donors (Lipinski definition) is 1. The van der Waals surface area contributed by atoms with Crippen molar-refractivity contribution >= 4 is 11.6 Å². The Balaban J connectivity index is 2.42. The summed E-state index contributed by atoms with van der Waals surface area (Å²) in [6.45, 7) is 1.72. The lowest BCUT2D eigenvalue weighted by molar-refractivity contribution is 0.362. The first-order valence-corrected chi connectivity index (χ1v) is 4.99. The summed E-state index contributed by atoms with van der Waals surface area (Å²) >= 11 is 5.72. The Bertz CT molecular complexity index is 492. The zero-order valence-corrected chi connectivity index (χ0v) is 9.20. The highest BCUT2D eigenvalue weighted by Gasteiger charge is 2.12. The van der Waals surface area contributed by atoms with Gasteiger partial charge in [0.05, 0.1) is 6.04 Å². The predicted molar refractivity (Wildman–Crippen MR) is 57.3 cm³/mol. The molecule has 2 aromatic rings. The summed E-state index contributed by atoms with van der Waals surface area (Å²) in [5.41, 5.74) is 6.03. The van der Waals surface area contributed by atoms with E-state index in [0.29, 0.717) is 11.5 Å². The van der Waals surface area contributed by atoms with Gasteiger partial charge in [-0.3, -0.25) is 0 Å². The summed E-state index contributed by atoms with van der Waals surface area (Å²) in [5, 5.41) is 3.98. The van der Waals surface area contributed by atoms with Crippen LogP contribution in [-0.2, 0) is 0 Å². The van der Waals surface area contributed by atoms with Crippen molar-refractivity contribution in [2.24, 2.45) is 5.73 Å². The monoisotopic (exact) mass is 241 g/mol. The minimum atomic E-state index is -0.449. The standard InChI is InChI=1S/C10H9ClFN3O/c1-5(13)10-14-9(15-16-10)6-2-7(11)4-8(12)3-6/h2-5H,13H2,1H3/t5-/m0/s1. The molecule has 0 aliphatic carbocycles. The summed E-state index contributed by atoms with van der Waals surface area (Å²) in [5.74, 6) is 0.124. The van der Waals surface area contributed by atoms with Crippen molar-refractivity contribution in [2.45, 2.75) is 13.0 Å². The second-order valence-electron chi connectivity index (χ2n) is 3.40. The van der Waals surface area contributed by atoms with Gasteiger partial charge in [-0.1, -0.05) is 16.8 Å². The summed E-state index contributed by atoms with van der Waals surface area (Å²) < 4.78 is 18.0. The number of nitrogens with two attached hydrogens (primary N) is 1. The van der Waals surface area contributed by atoms with Crippen molar-refractivity contribution in [1.29, 1.82) is 0 Å². The van der Waals surface area contributed by atoms with E-state index < -0.39 is 5.82 Å². The Kier molecular flexibility index (Phi) is 2.89. The van der Waals surface area contributed by atoms with E-state index in [-0.39, 0.29) is 16.9 Å². The molecular weight excluding hydrogens is 233 g/mol. The van der Waals surface area contributed by atoms with Gasteiger partial charge in [0.1, 0.15) is 5.82 Å². The number of benzene rings is 1. The van der Waals surface area contributed by atoms with Gasteiger partial charge in [-0.05, 0) is 25.1 Å². The fourth-order valence-electron chi connectivity index (χ4n) is 1.22. The average molecular weight is 242 g/mol. The van der Waals surface area contributed by atoms with Crippen LogP contribution in [-0.4, -0.2) is 10.1 Å². The molecule has 6 heteroatoms. The van der Waals surface area contributed by atoms with Crippen LogP contribution in [0.3, 0.4) is 0 Å². The molecule has 0 unspecified atom stereocenters. The van der Waals surface area contributed by atoms with Crippen LogP contribution in [0.5, 0.6) is 0 Å². The molecule has 4 nitrogen and oxygen atoms in total. The van der Waals surface area contributed by atoms with Crippen molar-refractivity contribution in [3.05, 3.63) is 34.9 Å². The molecule has 1 atom stereocenters. The molecule has 0 amide bonds. The van der Waals surface area contributed by atoms with Crippen LogP contribution in [0.25, 0.3) is 11.4 Å². The van der Waals surface area contributed by atoms with Crippen LogP contribution in [0.4, 0.5) is 4.39 Å². The minimum absolute atomic E-state index is 0.272. The van der Waals surface area contributed by atoms with Crippen LogP contribution in [0.2, 0.25) is 5.02 Å². The molecule has 2 rings (SSSR count). The van der Waals surface area contributed by atoms with Gasteiger partial charge in [0, 0.05) is 10.6 Å². The summed E-state index contributed by atoms with van der Waals surface area (Å²) in [4.78, 5) is 4.03. The van der Waals surface area contributed by atoms with Crippen LogP contribution in [0.1, 0.15) is 18.9 Å². The number of rotatable bonds is 2. The summed E-state index contributed by atoms with van der Waals surface area (Å²) in [6.07, 6.45) is 0. The van der Waals surface area contributed by atoms with Crippen molar-refractivity contribution in [2.75, 3.05) is 0 Å². The zero-order valence-electron chi connectivity index (χ0n) is 8.45. The van der Waals surface area contributed by atoms with Crippen molar-refractivity contribution in [3.63, 3.8) is 0 Å². The second-order valence-corrected chi connectivity index (χ2v) is 3.84. The zero-order chi connectivity index (χ0) is 11.7. The topological polar surface area (TPSA) is 64.9 Å². The quantitative estimate of drug-likeness (QED) is 0.878. The van der Waals surface area contributed by atoms with E-state index >= 15 is 0 Å². The van der Waals surface area contributed by atoms with Crippen LogP contribution in [0.15, 0.2) is 22.7 Å². The fraction of sp³-hybridized carbons (Fsp3) is 0.200. The van der Waals surface area contributed by atoms with Crippen molar-refractivity contribution in [3.8, 4) is 11.4 Å². The molecule has 0 spiro atoms. The van der Waals surface area contributed by atoms with E-state index in [9.17, 15) is 4.39 Å². The maximum Gasteiger partial charge on any atom is 0.243 e. The molecule has 84 valence electrons. The van der Waals surface area contributed by atoms with Crippen molar-refractivity contribution in [1.82, 2.24) is 10.1 Å². The first-order chi connectivity index (χ1) is 7.56. The van der Waals surface area contributed by atoms with Gasteiger partial charge in [0.2, 0.25) is 11.7 Å². The molecule has 0 bridgehead atoms. The lowest BCUT2D eigenvalue weighted by Crippen LogP contribution is -2.04. The molecule has 0 saturated heterocycles. The Morgan fingerprint density at radius 3 is 2.75 bits per heavy atom. The Hall–Kier alpha value is -1.46. The van der Waals surface area contributed by atoms with E-state index in [1.807, 2.05) is 0 Å². The first-order valence-electron chi connectivity index (χ1n) is 4.62. The Morgan fingerprint density at radius 2 is 2.19 bits per heavy atom. The average Bonchev–Trinajstić information content (AvgIpc) is 2.64. The number of nitrogens with zero attached hydrogens (tertiary/aromatic N) is 2. The van der Waals surface area contributed by atoms with Gasteiger partial charge in [0.15, 0.2) is 0 Å². The van der Waals surface area contributed by atoms with Gasteiger partial charge in [-0.15, -0.1) is 0 Å². The van der Waals surface area contributed by atoms with Gasteiger partial charge in [-0.25, -0.2) is 4.39 Å². The molecule has 16 heavy (non-hydrogen) atoms. The summed E-state index contributed by atoms with van der Waals surface area (Å²) in [7, 11) is 0. The smallest absolute Gasteiger partial charge is 0.243 e. The molecule has 2 N–H and O–H groups in total. The lowest BCUT2D eigenvalue weighted by atomic mass is 10.2. The molecule has 0 radical (unpaired) electrons. The molecule has 0 aliphatic heterocycles. The van der Waals surface area contributed by atoms with Crippen LogP contribution >= 0.6 is 11.6 Å². The minimum Gasteiger partial charge on any atom is -0.337 e. The third kappa shape index (κ3) is 2.20. The number of hydrogen-bond acceptors (Lipinski definition) is 4. The first kappa shape index (κ1) is 11.0. The van der Waals surface area contributed by atoms with Gasteiger partial charge < -0.3 is 10.3 Å². The van der Waals surface area contributed by atoms with Crippen molar-refractivity contribution < 1.29 is 8.91 Å². The second kappa shape index (κ2) is 4.19. The number of halogens is 2. The third-order valence-electron chi connectivity index (χ3n) is 1.95. The highest BCUT2D eigenvalue weighted by molar-refractivity contribution is 6.30. The summed E-state index contributed by atoms with van der Waals surface area (Å²) in [6, 6.07) is 3.69. The fourth-order valence-corrected chi connectivity index (χ4v) is 1.44. The molecule has 0 aliphatic rings. The van der Waals surface area contributed by atoms with E-state index in [1.165, 1.54) is 12.1 Å². The van der Waals surface area contributed by atoms with Gasteiger partial charge >= 0.3 is 0 Å². The molecule has 1 heterocycles. The normalized spacial score (nSPS) is 12.8. The Morgan fingerprint density at radius 1 is 1.44 bits per heavy atom. The molecular formula is C10H9ClFN3O. The maximum absolute atomic E-state index is 13.1. The van der Waals surface area contributed by atoms with Gasteiger partial charge in [0.25, 0.3) is 0 Å². The largest absolute Gasteiger partial charge is 0.337 e. The van der Waals surface area contributed by atoms with E-state index in [4.69, 9.17) is 21.9 Å². The SMILES string of the molecule is C[C@H](N)c1nc(-c2cc(F)cc(Cl)c2)no1. The molecule has 0 fully saturated rings. The molecule has 1 aromatic heterocycles. The highest BCUT2D eigenvalue weighted by atomic mass is 35.5. The van der Waals surface area contributed by atoms with Gasteiger partial charge in [-0.2, -0.15) is 4.98 Å². The lowest BCUT2D eigenvalue weighted by Gasteiger charge is -1.96. The third-order valence-corrected chi connectivity index (χ3v) is 2.17. The number of aromatic nitrogens is 2.